The van der Waals surface area contributed by atoms with Gasteiger partial charge in [-0.05, 0) is 19.9 Å². The van der Waals surface area contributed by atoms with Crippen LogP contribution in [-0.2, 0) is 14.1 Å². The Morgan fingerprint density at radius 1 is 1.50 bits per heavy atom. The van der Waals surface area contributed by atoms with Crippen LogP contribution in [0.4, 0.5) is 0 Å². The SMILES string of the molecule is BOC[C@]1(O)C=C[C@@H]2OC(C)(C)O[C@@H]21. The highest BCUT2D eigenvalue weighted by molar-refractivity contribution is 5.98. The third-order valence-electron chi connectivity index (χ3n) is 2.57. The first-order valence-electron chi connectivity index (χ1n) is 4.73. The van der Waals surface area contributed by atoms with Crippen molar-refractivity contribution in [2.24, 2.45) is 0 Å². The fourth-order valence-corrected chi connectivity index (χ4v) is 2.03. The Labute approximate surface area is 84.3 Å². The highest BCUT2D eigenvalue weighted by atomic mass is 16.8. The van der Waals surface area contributed by atoms with E-state index < -0.39 is 11.4 Å². The second-order valence-corrected chi connectivity index (χ2v) is 4.30. The van der Waals surface area contributed by atoms with Crippen LogP contribution in [0.15, 0.2) is 12.2 Å². The van der Waals surface area contributed by atoms with Crippen LogP contribution in [0.3, 0.4) is 0 Å². The van der Waals surface area contributed by atoms with Gasteiger partial charge in [0.15, 0.2) is 5.79 Å². The molecule has 1 heterocycles. The first-order valence-corrected chi connectivity index (χ1v) is 4.73. The molecule has 1 N–H and O–H groups in total. The third kappa shape index (κ3) is 1.50. The van der Waals surface area contributed by atoms with Crippen molar-refractivity contribution in [3.63, 3.8) is 0 Å². The van der Waals surface area contributed by atoms with Crippen LogP contribution in [0.25, 0.3) is 0 Å². The van der Waals surface area contributed by atoms with Crippen LogP contribution in [0.2, 0.25) is 0 Å². The molecule has 5 heteroatoms. The van der Waals surface area contributed by atoms with Crippen LogP contribution in [0.5, 0.6) is 0 Å². The number of ether oxygens (including phenoxy) is 2. The third-order valence-corrected chi connectivity index (χ3v) is 2.57. The van der Waals surface area contributed by atoms with Gasteiger partial charge in [0.2, 0.25) is 0 Å². The van der Waals surface area contributed by atoms with Crippen LogP contribution in [0, 0.1) is 0 Å². The van der Waals surface area contributed by atoms with Crippen molar-refractivity contribution in [3.8, 4) is 0 Å². The minimum Gasteiger partial charge on any atom is -0.441 e. The largest absolute Gasteiger partial charge is 0.441 e. The Morgan fingerprint density at radius 2 is 2.21 bits per heavy atom. The Kier molecular flexibility index (Phi) is 2.23. The van der Waals surface area contributed by atoms with E-state index in [-0.39, 0.29) is 18.8 Å². The van der Waals surface area contributed by atoms with Gasteiger partial charge < -0.3 is 19.2 Å². The fourth-order valence-electron chi connectivity index (χ4n) is 2.03. The van der Waals surface area contributed by atoms with Crippen LogP contribution < -0.4 is 0 Å². The lowest BCUT2D eigenvalue weighted by Crippen LogP contribution is -2.45. The Bertz CT molecular complexity index is 266. The van der Waals surface area contributed by atoms with Crippen molar-refractivity contribution < 1.29 is 19.2 Å². The Morgan fingerprint density at radius 3 is 2.86 bits per heavy atom. The minimum absolute atomic E-state index is 0.162. The molecule has 1 aliphatic heterocycles. The van der Waals surface area contributed by atoms with E-state index in [2.05, 4.69) is 0 Å². The summed E-state index contributed by atoms with van der Waals surface area (Å²) in [6.45, 7) is 3.91. The summed E-state index contributed by atoms with van der Waals surface area (Å²) in [6.07, 6.45) is 3.02. The van der Waals surface area contributed by atoms with E-state index in [4.69, 9.17) is 14.1 Å². The van der Waals surface area contributed by atoms with Crippen LogP contribution >= 0.6 is 0 Å². The number of aliphatic hydroxyl groups is 1. The van der Waals surface area contributed by atoms with Crippen molar-refractivity contribution in [1.82, 2.24) is 0 Å². The summed E-state index contributed by atoms with van der Waals surface area (Å²) < 4.78 is 16.2. The molecule has 1 saturated heterocycles. The number of hydrogen-bond donors (Lipinski definition) is 1. The standard InChI is InChI=1S/C9H15BO4/c1-8(2)13-6-3-4-9(11,5-12-10)7(6)14-8/h3-4,6-7,11H,5,10H2,1-2H3/t6-,7-,9+/m0/s1. The first kappa shape index (κ1) is 10.2. The molecule has 14 heavy (non-hydrogen) atoms. The molecule has 0 aromatic rings. The lowest BCUT2D eigenvalue weighted by Gasteiger charge is -2.28. The van der Waals surface area contributed by atoms with E-state index in [1.54, 1.807) is 14.1 Å². The maximum atomic E-state index is 10.2. The second-order valence-electron chi connectivity index (χ2n) is 4.30. The van der Waals surface area contributed by atoms with Gasteiger partial charge in [-0.15, -0.1) is 0 Å². The number of hydrogen-bond acceptors (Lipinski definition) is 4. The molecule has 3 atom stereocenters. The molecule has 0 amide bonds. The average molecular weight is 198 g/mol. The van der Waals surface area contributed by atoms with Gasteiger partial charge in [0, 0.05) is 0 Å². The molecule has 1 aliphatic carbocycles. The lowest BCUT2D eigenvalue weighted by atomic mass is 10.0. The normalized spacial score (nSPS) is 44.2. The van der Waals surface area contributed by atoms with E-state index in [0.717, 1.165) is 0 Å². The highest BCUT2D eigenvalue weighted by Gasteiger charge is 2.53. The molecule has 2 rings (SSSR count). The van der Waals surface area contributed by atoms with Gasteiger partial charge in [0.05, 0.1) is 6.61 Å². The summed E-state index contributed by atoms with van der Waals surface area (Å²) >= 11 is 0. The zero-order valence-electron chi connectivity index (χ0n) is 8.69. The summed E-state index contributed by atoms with van der Waals surface area (Å²) in [5.74, 6) is -0.623. The van der Waals surface area contributed by atoms with Crippen LogP contribution in [0.1, 0.15) is 13.8 Å². The van der Waals surface area contributed by atoms with Gasteiger partial charge in [0.25, 0.3) is 8.05 Å². The predicted octanol–water partition coefficient (Wildman–Crippen LogP) is -0.628. The molecule has 0 aromatic heterocycles. The van der Waals surface area contributed by atoms with E-state index in [1.807, 2.05) is 19.9 Å². The molecule has 0 bridgehead atoms. The smallest absolute Gasteiger partial charge is 0.257 e. The first-order chi connectivity index (χ1) is 6.47. The van der Waals surface area contributed by atoms with E-state index in [0.29, 0.717) is 0 Å². The maximum absolute atomic E-state index is 10.2. The number of fused-ring (bicyclic) bond motifs is 1. The van der Waals surface area contributed by atoms with Crippen molar-refractivity contribution >= 4 is 8.05 Å². The van der Waals surface area contributed by atoms with Gasteiger partial charge >= 0.3 is 0 Å². The quantitative estimate of drug-likeness (QED) is 0.474. The van der Waals surface area contributed by atoms with Crippen molar-refractivity contribution in [2.45, 2.75) is 37.4 Å². The monoisotopic (exact) mass is 198 g/mol. The van der Waals surface area contributed by atoms with E-state index in [9.17, 15) is 5.11 Å². The molecular formula is C9H15BO4. The summed E-state index contributed by atoms with van der Waals surface area (Å²) in [5, 5.41) is 10.2. The van der Waals surface area contributed by atoms with E-state index >= 15 is 0 Å². The van der Waals surface area contributed by atoms with Crippen molar-refractivity contribution in [1.29, 1.82) is 0 Å². The van der Waals surface area contributed by atoms with Crippen LogP contribution in [-0.4, -0.2) is 43.4 Å². The summed E-state index contributed by atoms with van der Waals surface area (Å²) in [6, 6.07) is 0. The topological polar surface area (TPSA) is 47.9 Å². The molecular weight excluding hydrogens is 183 g/mol. The number of rotatable bonds is 2. The predicted molar refractivity (Wildman–Crippen MR) is 52.4 cm³/mol. The molecule has 0 saturated carbocycles. The summed E-state index contributed by atoms with van der Waals surface area (Å²) in [4.78, 5) is 0. The van der Waals surface area contributed by atoms with E-state index in [1.165, 1.54) is 0 Å². The molecule has 4 nitrogen and oxygen atoms in total. The molecule has 2 aliphatic rings. The molecule has 0 spiro atoms. The van der Waals surface area contributed by atoms with Gasteiger partial charge in [-0.3, -0.25) is 0 Å². The zero-order valence-corrected chi connectivity index (χ0v) is 8.69. The lowest BCUT2D eigenvalue weighted by molar-refractivity contribution is -0.167. The van der Waals surface area contributed by atoms with Gasteiger partial charge in [0.1, 0.15) is 17.8 Å². The summed E-state index contributed by atoms with van der Waals surface area (Å²) in [5.41, 5.74) is -1.05. The summed E-state index contributed by atoms with van der Waals surface area (Å²) in [7, 11) is 1.56. The molecule has 0 unspecified atom stereocenters. The minimum atomic E-state index is -1.05. The maximum Gasteiger partial charge on any atom is 0.257 e. The Hall–Kier alpha value is -0.355. The Balaban J connectivity index is 2.16. The van der Waals surface area contributed by atoms with Crippen molar-refractivity contribution in [2.75, 3.05) is 6.61 Å². The van der Waals surface area contributed by atoms with Gasteiger partial charge in [-0.1, -0.05) is 6.08 Å². The highest BCUT2D eigenvalue weighted by Crippen LogP contribution is 2.39. The zero-order chi connectivity index (χ0) is 10.4. The molecule has 78 valence electrons. The molecule has 0 radical (unpaired) electrons. The van der Waals surface area contributed by atoms with Gasteiger partial charge in [-0.2, -0.15) is 0 Å². The molecule has 0 aromatic carbocycles. The average Bonchev–Trinajstić information content (AvgIpc) is 2.50. The van der Waals surface area contributed by atoms with Gasteiger partial charge in [-0.25, -0.2) is 0 Å². The molecule has 1 fully saturated rings. The second kappa shape index (κ2) is 3.07. The van der Waals surface area contributed by atoms with Crippen molar-refractivity contribution in [3.05, 3.63) is 12.2 Å². The fraction of sp³-hybridized carbons (Fsp3) is 0.778.